The van der Waals surface area contributed by atoms with Crippen LogP contribution in [0.2, 0.25) is 0 Å². The number of aliphatic hydroxyl groups is 1. The number of nitrogens with two attached hydrogens (primary N) is 1. The summed E-state index contributed by atoms with van der Waals surface area (Å²) in [5.74, 6) is 0.522. The summed E-state index contributed by atoms with van der Waals surface area (Å²) in [7, 11) is 0. The molecule has 1 aromatic carbocycles. The van der Waals surface area contributed by atoms with E-state index in [-0.39, 0.29) is 31.7 Å². The highest BCUT2D eigenvalue weighted by atomic mass is 16.5. The minimum Gasteiger partial charge on any atom is -0.482 e. The van der Waals surface area contributed by atoms with Gasteiger partial charge in [-0.2, -0.15) is 0 Å². The Balaban J connectivity index is 2.38. The molecule has 0 saturated carbocycles. The first-order valence-electron chi connectivity index (χ1n) is 6.11. The van der Waals surface area contributed by atoms with Crippen LogP contribution in [-0.2, 0) is 4.79 Å². The van der Waals surface area contributed by atoms with Gasteiger partial charge in [0.25, 0.3) is 5.91 Å². The van der Waals surface area contributed by atoms with Gasteiger partial charge in [0, 0.05) is 12.6 Å². The van der Waals surface area contributed by atoms with Crippen molar-refractivity contribution in [2.75, 3.05) is 24.7 Å². The van der Waals surface area contributed by atoms with Crippen molar-refractivity contribution >= 4 is 11.6 Å². The number of nitrogens with zero attached hydrogens (tertiary/aromatic N) is 1. The summed E-state index contributed by atoms with van der Waals surface area (Å²) < 4.78 is 5.37. The fourth-order valence-corrected chi connectivity index (χ4v) is 2.03. The Hall–Kier alpha value is -1.59. The predicted molar refractivity (Wildman–Crippen MR) is 68.6 cm³/mol. The number of hydrogen-bond acceptors (Lipinski definition) is 4. The van der Waals surface area contributed by atoms with Crippen molar-refractivity contribution in [1.82, 2.24) is 0 Å². The second kappa shape index (κ2) is 5.37. The Kier molecular flexibility index (Phi) is 3.84. The van der Waals surface area contributed by atoms with Crippen molar-refractivity contribution in [2.24, 2.45) is 5.73 Å². The minimum absolute atomic E-state index is 0.0200. The average molecular weight is 250 g/mol. The smallest absolute Gasteiger partial charge is 0.265 e. The molecule has 3 N–H and O–H groups in total. The first kappa shape index (κ1) is 12.9. The van der Waals surface area contributed by atoms with Gasteiger partial charge in [-0.15, -0.1) is 0 Å². The topological polar surface area (TPSA) is 75.8 Å². The summed E-state index contributed by atoms with van der Waals surface area (Å²) in [5.41, 5.74) is 7.65. The molecule has 98 valence electrons. The third kappa shape index (κ3) is 2.32. The van der Waals surface area contributed by atoms with Crippen LogP contribution in [0.15, 0.2) is 18.2 Å². The van der Waals surface area contributed by atoms with Gasteiger partial charge in [-0.1, -0.05) is 13.0 Å². The number of hydrogen-bond donors (Lipinski definition) is 2. The number of carbonyl (C=O) groups is 1. The van der Waals surface area contributed by atoms with Crippen molar-refractivity contribution in [3.8, 4) is 5.75 Å². The lowest BCUT2D eigenvalue weighted by atomic mass is 10.0. The van der Waals surface area contributed by atoms with Crippen LogP contribution in [0.5, 0.6) is 5.75 Å². The standard InChI is InChI=1S/C13H18N2O3/c1-2-10(14)9-3-4-12-11(7-9)15(5-6-16)13(17)8-18-12/h3-4,7,10,16H,2,5-6,8,14H2,1H3. The van der Waals surface area contributed by atoms with Crippen molar-refractivity contribution in [1.29, 1.82) is 0 Å². The van der Waals surface area contributed by atoms with Crippen LogP contribution in [0.4, 0.5) is 5.69 Å². The van der Waals surface area contributed by atoms with Crippen LogP contribution in [-0.4, -0.2) is 30.8 Å². The Morgan fingerprint density at radius 2 is 2.33 bits per heavy atom. The molecule has 1 amide bonds. The molecule has 1 atom stereocenters. The van der Waals surface area contributed by atoms with Gasteiger partial charge in [-0.3, -0.25) is 4.79 Å². The summed E-state index contributed by atoms with van der Waals surface area (Å²) in [4.78, 5) is 13.3. The molecule has 0 aliphatic carbocycles. The molecular weight excluding hydrogens is 232 g/mol. The van der Waals surface area contributed by atoms with Gasteiger partial charge in [0.15, 0.2) is 6.61 Å². The van der Waals surface area contributed by atoms with Gasteiger partial charge in [0.2, 0.25) is 0 Å². The molecule has 5 heteroatoms. The summed E-state index contributed by atoms with van der Waals surface area (Å²) in [6.45, 7) is 2.23. The van der Waals surface area contributed by atoms with Gasteiger partial charge >= 0.3 is 0 Å². The van der Waals surface area contributed by atoms with E-state index in [1.54, 1.807) is 4.90 Å². The molecule has 1 unspecified atom stereocenters. The van der Waals surface area contributed by atoms with E-state index in [0.717, 1.165) is 12.0 Å². The van der Waals surface area contributed by atoms with E-state index in [1.807, 2.05) is 25.1 Å². The number of rotatable bonds is 4. The molecule has 0 radical (unpaired) electrons. The molecule has 1 heterocycles. The Morgan fingerprint density at radius 3 is 3.00 bits per heavy atom. The van der Waals surface area contributed by atoms with Crippen LogP contribution < -0.4 is 15.4 Å². The second-order valence-corrected chi connectivity index (χ2v) is 4.30. The van der Waals surface area contributed by atoms with Crippen LogP contribution in [0.3, 0.4) is 0 Å². The normalized spacial score (nSPS) is 16.2. The Labute approximate surface area is 106 Å². The lowest BCUT2D eigenvalue weighted by Crippen LogP contribution is -2.40. The Bertz CT molecular complexity index is 448. The number of amides is 1. The monoisotopic (exact) mass is 250 g/mol. The van der Waals surface area contributed by atoms with Gasteiger partial charge in [0.1, 0.15) is 5.75 Å². The predicted octanol–water partition coefficient (Wildman–Crippen LogP) is 0.814. The third-order valence-electron chi connectivity index (χ3n) is 3.12. The number of benzene rings is 1. The molecule has 0 bridgehead atoms. The number of anilines is 1. The fraction of sp³-hybridized carbons (Fsp3) is 0.462. The molecule has 0 spiro atoms. The van der Waals surface area contributed by atoms with E-state index in [0.29, 0.717) is 11.4 Å². The van der Waals surface area contributed by atoms with Gasteiger partial charge in [-0.05, 0) is 24.1 Å². The zero-order valence-electron chi connectivity index (χ0n) is 10.4. The van der Waals surface area contributed by atoms with Gasteiger partial charge in [0.05, 0.1) is 12.3 Å². The van der Waals surface area contributed by atoms with E-state index in [1.165, 1.54) is 0 Å². The number of β-amino-alcohol motifs (C(OH)–C–C–N with tert-alkyl or cyclic N) is 1. The molecule has 1 aliphatic rings. The van der Waals surface area contributed by atoms with Crippen molar-refractivity contribution in [3.63, 3.8) is 0 Å². The second-order valence-electron chi connectivity index (χ2n) is 4.30. The third-order valence-corrected chi connectivity index (χ3v) is 3.12. The van der Waals surface area contributed by atoms with E-state index < -0.39 is 0 Å². The Morgan fingerprint density at radius 1 is 1.56 bits per heavy atom. The molecule has 2 rings (SSSR count). The van der Waals surface area contributed by atoms with E-state index in [9.17, 15) is 4.79 Å². The maximum Gasteiger partial charge on any atom is 0.265 e. The highest BCUT2D eigenvalue weighted by molar-refractivity contribution is 5.97. The fourth-order valence-electron chi connectivity index (χ4n) is 2.03. The summed E-state index contributed by atoms with van der Waals surface area (Å²) in [5, 5.41) is 9.03. The van der Waals surface area contributed by atoms with E-state index >= 15 is 0 Å². The molecule has 1 aromatic rings. The molecule has 0 fully saturated rings. The number of aliphatic hydroxyl groups excluding tert-OH is 1. The summed E-state index contributed by atoms with van der Waals surface area (Å²) in [6, 6.07) is 5.57. The number of carbonyl (C=O) groups excluding carboxylic acids is 1. The molecule has 1 aliphatic heterocycles. The molecule has 5 nitrogen and oxygen atoms in total. The van der Waals surface area contributed by atoms with Gasteiger partial charge in [-0.25, -0.2) is 0 Å². The first-order valence-corrected chi connectivity index (χ1v) is 6.11. The first-order chi connectivity index (χ1) is 8.67. The van der Waals surface area contributed by atoms with Crippen LogP contribution in [0.25, 0.3) is 0 Å². The molecule has 18 heavy (non-hydrogen) atoms. The number of ether oxygens (including phenoxy) is 1. The van der Waals surface area contributed by atoms with Crippen LogP contribution in [0.1, 0.15) is 24.9 Å². The van der Waals surface area contributed by atoms with Crippen molar-refractivity contribution in [2.45, 2.75) is 19.4 Å². The van der Waals surface area contributed by atoms with E-state index in [4.69, 9.17) is 15.6 Å². The van der Waals surface area contributed by atoms with Crippen LogP contribution >= 0.6 is 0 Å². The lowest BCUT2D eigenvalue weighted by molar-refractivity contribution is -0.121. The van der Waals surface area contributed by atoms with Gasteiger partial charge < -0.3 is 20.5 Å². The number of fused-ring (bicyclic) bond motifs is 1. The molecular formula is C13H18N2O3. The maximum atomic E-state index is 11.8. The largest absolute Gasteiger partial charge is 0.482 e. The average Bonchev–Trinajstić information content (AvgIpc) is 2.40. The van der Waals surface area contributed by atoms with Crippen molar-refractivity contribution in [3.05, 3.63) is 23.8 Å². The molecule has 0 aromatic heterocycles. The highest BCUT2D eigenvalue weighted by Gasteiger charge is 2.25. The SMILES string of the molecule is CCC(N)c1ccc2c(c1)N(CCO)C(=O)CO2. The zero-order valence-corrected chi connectivity index (χ0v) is 10.4. The van der Waals surface area contributed by atoms with E-state index in [2.05, 4.69) is 0 Å². The highest BCUT2D eigenvalue weighted by Crippen LogP contribution is 2.34. The lowest BCUT2D eigenvalue weighted by Gasteiger charge is -2.29. The van der Waals surface area contributed by atoms with Crippen LogP contribution in [0, 0.1) is 0 Å². The summed E-state index contributed by atoms with van der Waals surface area (Å²) in [6.07, 6.45) is 0.827. The maximum absolute atomic E-state index is 11.8. The quantitative estimate of drug-likeness (QED) is 0.829. The molecule has 0 saturated heterocycles. The summed E-state index contributed by atoms with van der Waals surface area (Å²) >= 11 is 0. The minimum atomic E-state index is -0.140. The zero-order chi connectivity index (χ0) is 13.1. The van der Waals surface area contributed by atoms with Crippen molar-refractivity contribution < 1.29 is 14.6 Å².